The van der Waals surface area contributed by atoms with Gasteiger partial charge in [0.1, 0.15) is 0 Å². The van der Waals surface area contributed by atoms with Gasteiger partial charge in [-0.05, 0) is 29.7 Å². The fraction of sp³-hybridized carbons (Fsp3) is 0.429. The van der Waals surface area contributed by atoms with Gasteiger partial charge in [-0.2, -0.15) is 0 Å². The predicted octanol–water partition coefficient (Wildman–Crippen LogP) is 0.864. The molecule has 1 unspecified atom stereocenters. The van der Waals surface area contributed by atoms with Crippen molar-refractivity contribution in [3.63, 3.8) is 0 Å². The van der Waals surface area contributed by atoms with Crippen LogP contribution < -0.4 is 5.73 Å². The van der Waals surface area contributed by atoms with E-state index in [4.69, 9.17) is 10.8 Å². The third-order valence-corrected chi connectivity index (χ3v) is 3.56. The standard InChI is InChI=1S/C14H18N2O3/c1-9(13(15)17)7-16-5-4-10-2-3-11(14(18)19)6-12(10)8-16/h2-3,6,9H,4-5,7-8H2,1H3,(H2,15,17)(H,18,19). The lowest BCUT2D eigenvalue weighted by Gasteiger charge is -2.30. The zero-order valence-corrected chi connectivity index (χ0v) is 10.9. The minimum absolute atomic E-state index is 0.191. The molecule has 1 aromatic rings. The molecule has 5 nitrogen and oxygen atoms in total. The van der Waals surface area contributed by atoms with E-state index in [2.05, 4.69) is 4.90 Å². The number of amides is 1. The van der Waals surface area contributed by atoms with Crippen LogP contribution in [0.5, 0.6) is 0 Å². The highest BCUT2D eigenvalue weighted by molar-refractivity contribution is 5.87. The summed E-state index contributed by atoms with van der Waals surface area (Å²) in [6.45, 7) is 3.97. The Bertz CT molecular complexity index is 513. The number of aromatic carboxylic acids is 1. The Hall–Kier alpha value is -1.88. The van der Waals surface area contributed by atoms with Gasteiger partial charge in [0, 0.05) is 25.6 Å². The highest BCUT2D eigenvalue weighted by atomic mass is 16.4. The molecule has 5 heteroatoms. The van der Waals surface area contributed by atoms with E-state index in [0.717, 1.165) is 18.5 Å². The summed E-state index contributed by atoms with van der Waals surface area (Å²) in [5.41, 5.74) is 7.80. The summed E-state index contributed by atoms with van der Waals surface area (Å²) in [4.78, 5) is 24.2. The Kier molecular flexibility index (Phi) is 3.85. The Morgan fingerprint density at radius 2 is 2.16 bits per heavy atom. The van der Waals surface area contributed by atoms with Gasteiger partial charge in [0.15, 0.2) is 0 Å². The molecule has 1 heterocycles. The Morgan fingerprint density at radius 3 is 2.79 bits per heavy atom. The molecule has 1 aliphatic heterocycles. The van der Waals surface area contributed by atoms with E-state index in [1.807, 2.05) is 13.0 Å². The molecular formula is C14H18N2O3. The number of hydrogen-bond donors (Lipinski definition) is 2. The van der Waals surface area contributed by atoms with Crippen LogP contribution in [0.3, 0.4) is 0 Å². The quantitative estimate of drug-likeness (QED) is 0.843. The number of fused-ring (bicyclic) bond motifs is 1. The second kappa shape index (κ2) is 5.40. The van der Waals surface area contributed by atoms with E-state index in [-0.39, 0.29) is 11.8 Å². The van der Waals surface area contributed by atoms with Gasteiger partial charge in [0.05, 0.1) is 5.56 Å². The number of hydrogen-bond acceptors (Lipinski definition) is 3. The molecule has 1 amide bonds. The van der Waals surface area contributed by atoms with Crippen LogP contribution in [0.15, 0.2) is 18.2 Å². The first-order chi connectivity index (χ1) is 8.97. The lowest BCUT2D eigenvalue weighted by atomic mass is 9.96. The van der Waals surface area contributed by atoms with Crippen LogP contribution in [0.2, 0.25) is 0 Å². The summed E-state index contributed by atoms with van der Waals surface area (Å²) in [6, 6.07) is 5.25. The molecule has 0 bridgehead atoms. The molecule has 0 aromatic heterocycles. The third kappa shape index (κ3) is 3.12. The van der Waals surface area contributed by atoms with E-state index >= 15 is 0 Å². The number of carboxylic acids is 1. The average molecular weight is 262 g/mol. The van der Waals surface area contributed by atoms with Crippen molar-refractivity contribution in [1.29, 1.82) is 0 Å². The number of nitrogens with two attached hydrogens (primary N) is 1. The van der Waals surface area contributed by atoms with Crippen LogP contribution in [-0.2, 0) is 17.8 Å². The molecule has 0 saturated heterocycles. The van der Waals surface area contributed by atoms with Crippen molar-refractivity contribution in [2.45, 2.75) is 19.9 Å². The molecule has 2 rings (SSSR count). The van der Waals surface area contributed by atoms with E-state index in [9.17, 15) is 9.59 Å². The fourth-order valence-electron chi connectivity index (χ4n) is 2.38. The van der Waals surface area contributed by atoms with Gasteiger partial charge in [0.2, 0.25) is 5.91 Å². The van der Waals surface area contributed by atoms with Gasteiger partial charge < -0.3 is 10.8 Å². The van der Waals surface area contributed by atoms with Crippen molar-refractivity contribution in [2.75, 3.05) is 13.1 Å². The van der Waals surface area contributed by atoms with Crippen molar-refractivity contribution in [1.82, 2.24) is 4.90 Å². The smallest absolute Gasteiger partial charge is 0.335 e. The SMILES string of the molecule is CC(CN1CCc2ccc(C(=O)O)cc2C1)C(N)=O. The number of nitrogens with zero attached hydrogens (tertiary/aromatic N) is 1. The minimum atomic E-state index is -0.912. The van der Waals surface area contributed by atoms with Crippen LogP contribution in [0, 0.1) is 5.92 Å². The molecule has 0 radical (unpaired) electrons. The molecule has 0 saturated carbocycles. The Balaban J connectivity index is 2.11. The van der Waals surface area contributed by atoms with Crippen LogP contribution in [0.25, 0.3) is 0 Å². The van der Waals surface area contributed by atoms with Crippen LogP contribution in [-0.4, -0.2) is 35.0 Å². The maximum atomic E-state index is 11.1. The van der Waals surface area contributed by atoms with Crippen LogP contribution in [0.1, 0.15) is 28.4 Å². The van der Waals surface area contributed by atoms with Crippen LogP contribution in [0.4, 0.5) is 0 Å². The molecule has 19 heavy (non-hydrogen) atoms. The normalized spacial score (nSPS) is 16.7. The van der Waals surface area contributed by atoms with E-state index in [0.29, 0.717) is 18.7 Å². The van der Waals surface area contributed by atoms with Gasteiger partial charge in [-0.25, -0.2) is 4.79 Å². The number of benzene rings is 1. The maximum Gasteiger partial charge on any atom is 0.335 e. The second-order valence-electron chi connectivity index (χ2n) is 5.08. The fourth-order valence-corrected chi connectivity index (χ4v) is 2.38. The van der Waals surface area contributed by atoms with Gasteiger partial charge >= 0.3 is 5.97 Å². The van der Waals surface area contributed by atoms with Gasteiger partial charge in [-0.15, -0.1) is 0 Å². The molecule has 3 N–H and O–H groups in total. The third-order valence-electron chi connectivity index (χ3n) is 3.56. The van der Waals surface area contributed by atoms with E-state index < -0.39 is 5.97 Å². The molecule has 1 atom stereocenters. The topological polar surface area (TPSA) is 83.6 Å². The Morgan fingerprint density at radius 1 is 1.42 bits per heavy atom. The zero-order valence-electron chi connectivity index (χ0n) is 10.9. The summed E-state index contributed by atoms with van der Waals surface area (Å²) in [5, 5.41) is 9.00. The average Bonchev–Trinajstić information content (AvgIpc) is 2.37. The van der Waals surface area contributed by atoms with Crippen LogP contribution >= 0.6 is 0 Å². The van der Waals surface area contributed by atoms with Gasteiger partial charge in [-0.1, -0.05) is 13.0 Å². The summed E-state index contributed by atoms with van der Waals surface area (Å²) < 4.78 is 0. The van der Waals surface area contributed by atoms with Crippen molar-refractivity contribution in [3.05, 3.63) is 34.9 Å². The first-order valence-electron chi connectivity index (χ1n) is 6.34. The van der Waals surface area contributed by atoms with Crippen molar-refractivity contribution < 1.29 is 14.7 Å². The summed E-state index contributed by atoms with van der Waals surface area (Å²) in [5.74, 6) is -1.40. The number of carbonyl (C=O) groups is 2. The molecular weight excluding hydrogens is 244 g/mol. The molecule has 0 aliphatic carbocycles. The first-order valence-corrected chi connectivity index (χ1v) is 6.34. The molecule has 0 fully saturated rings. The maximum absolute atomic E-state index is 11.1. The molecule has 1 aliphatic rings. The molecule has 1 aromatic carbocycles. The Labute approximate surface area is 112 Å². The van der Waals surface area contributed by atoms with Crippen molar-refractivity contribution >= 4 is 11.9 Å². The summed E-state index contributed by atoms with van der Waals surface area (Å²) in [6.07, 6.45) is 0.876. The lowest BCUT2D eigenvalue weighted by molar-refractivity contribution is -0.121. The summed E-state index contributed by atoms with van der Waals surface area (Å²) >= 11 is 0. The van der Waals surface area contributed by atoms with Crippen molar-refractivity contribution in [2.24, 2.45) is 11.7 Å². The predicted molar refractivity (Wildman–Crippen MR) is 70.7 cm³/mol. The van der Waals surface area contributed by atoms with Gasteiger partial charge in [0.25, 0.3) is 0 Å². The highest BCUT2D eigenvalue weighted by Gasteiger charge is 2.20. The monoisotopic (exact) mass is 262 g/mol. The number of carboxylic acid groups (broad SMARTS) is 1. The number of primary amides is 1. The zero-order chi connectivity index (χ0) is 14.0. The first kappa shape index (κ1) is 13.5. The number of carbonyl (C=O) groups excluding carboxylic acids is 1. The van der Waals surface area contributed by atoms with E-state index in [1.165, 1.54) is 5.56 Å². The van der Waals surface area contributed by atoms with Gasteiger partial charge in [-0.3, -0.25) is 9.69 Å². The largest absolute Gasteiger partial charge is 0.478 e. The highest BCUT2D eigenvalue weighted by Crippen LogP contribution is 2.21. The molecule has 102 valence electrons. The minimum Gasteiger partial charge on any atom is -0.478 e. The lowest BCUT2D eigenvalue weighted by Crippen LogP contribution is -2.38. The molecule has 0 spiro atoms. The van der Waals surface area contributed by atoms with E-state index in [1.54, 1.807) is 12.1 Å². The summed E-state index contributed by atoms with van der Waals surface area (Å²) in [7, 11) is 0. The number of rotatable bonds is 4. The second-order valence-corrected chi connectivity index (χ2v) is 5.08. The van der Waals surface area contributed by atoms with Crippen molar-refractivity contribution in [3.8, 4) is 0 Å².